The molecule has 6 nitrogen and oxygen atoms in total. The fourth-order valence-electron chi connectivity index (χ4n) is 3.09. The lowest BCUT2D eigenvalue weighted by molar-refractivity contribution is -0.275. The summed E-state index contributed by atoms with van der Waals surface area (Å²) in [4.78, 5) is 1.86. The number of nitrogen functional groups attached to an aromatic ring is 1. The number of halogens is 3. The van der Waals surface area contributed by atoms with Gasteiger partial charge in [0.1, 0.15) is 11.5 Å². The molecule has 0 atom stereocenters. The predicted octanol–water partition coefficient (Wildman–Crippen LogP) is 5.01. The van der Waals surface area contributed by atoms with Crippen molar-refractivity contribution in [2.24, 2.45) is 0 Å². The molecule has 0 fully saturated rings. The first-order valence-electron chi connectivity index (χ1n) is 10.0. The fourth-order valence-corrected chi connectivity index (χ4v) is 3.09. The molecule has 170 valence electrons. The minimum atomic E-state index is -4.75. The first-order valence-corrected chi connectivity index (χ1v) is 10.0. The van der Waals surface area contributed by atoms with Gasteiger partial charge in [0.05, 0.1) is 12.3 Å². The summed E-state index contributed by atoms with van der Waals surface area (Å²) in [5.74, 6) is 0.523. The minimum Gasteiger partial charge on any atom is -0.493 e. The molecular weight excluding hydrogens is 421 g/mol. The van der Waals surface area contributed by atoms with Crippen LogP contribution < -0.4 is 15.2 Å². The molecule has 0 unspecified atom stereocenters. The number of benzene rings is 2. The number of likely N-dealkylation sites (N-methyl/N-ethyl adjacent to an activating group) is 1. The van der Waals surface area contributed by atoms with Crippen molar-refractivity contribution in [2.75, 3.05) is 25.9 Å². The normalized spacial score (nSPS) is 11.9. The quantitative estimate of drug-likeness (QED) is 0.260. The van der Waals surface area contributed by atoms with Gasteiger partial charge in [0.15, 0.2) is 0 Å². The number of nitrogens with zero attached hydrogens (tertiary/aromatic N) is 2. The van der Waals surface area contributed by atoms with Gasteiger partial charge in [-0.2, -0.15) is 5.10 Å². The third-order valence-corrected chi connectivity index (χ3v) is 4.53. The van der Waals surface area contributed by atoms with Gasteiger partial charge < -0.3 is 15.2 Å². The number of rotatable bonds is 10. The maximum absolute atomic E-state index is 12.6. The van der Waals surface area contributed by atoms with Crippen molar-refractivity contribution >= 4 is 5.69 Å². The molecule has 9 heteroatoms. The molecule has 0 aliphatic rings. The first-order chi connectivity index (χ1) is 15.3. The van der Waals surface area contributed by atoms with Gasteiger partial charge in [0.2, 0.25) is 0 Å². The van der Waals surface area contributed by atoms with E-state index < -0.39 is 6.36 Å². The van der Waals surface area contributed by atoms with E-state index in [1.807, 2.05) is 54.4 Å². The largest absolute Gasteiger partial charge is 0.573 e. The van der Waals surface area contributed by atoms with E-state index in [0.717, 1.165) is 17.0 Å². The number of nitrogens with two attached hydrogens (primary N) is 1. The third-order valence-electron chi connectivity index (χ3n) is 4.53. The summed E-state index contributed by atoms with van der Waals surface area (Å²) < 4.78 is 47.7. The van der Waals surface area contributed by atoms with E-state index in [4.69, 9.17) is 10.5 Å². The number of ether oxygens (including phenoxy) is 2. The number of hydrogen-bond donors (Lipinski definition) is 2. The first kappa shape index (κ1) is 23.2. The Morgan fingerprint density at radius 1 is 1.12 bits per heavy atom. The van der Waals surface area contributed by atoms with E-state index in [0.29, 0.717) is 30.8 Å². The van der Waals surface area contributed by atoms with Crippen molar-refractivity contribution in [1.82, 2.24) is 15.1 Å². The summed E-state index contributed by atoms with van der Waals surface area (Å²) in [5.41, 5.74) is 8.39. The van der Waals surface area contributed by atoms with Gasteiger partial charge in [0, 0.05) is 36.1 Å². The van der Waals surface area contributed by atoms with Gasteiger partial charge in [-0.3, -0.25) is 10.00 Å². The lowest BCUT2D eigenvalue weighted by Crippen LogP contribution is -2.21. The molecule has 1 heterocycles. The second-order valence-corrected chi connectivity index (χ2v) is 7.22. The SMILES string of the molecule is CN(C/C=C/CCOc1cccc(-c2ccn[nH]2)c1)Cc1cc(N)ccc1OC(F)(F)F. The van der Waals surface area contributed by atoms with Crippen molar-refractivity contribution < 1.29 is 22.6 Å². The lowest BCUT2D eigenvalue weighted by Gasteiger charge is -2.18. The third kappa shape index (κ3) is 7.35. The van der Waals surface area contributed by atoms with Crippen LogP contribution in [0, 0.1) is 0 Å². The van der Waals surface area contributed by atoms with Crippen molar-refractivity contribution in [3.8, 4) is 22.8 Å². The smallest absolute Gasteiger partial charge is 0.493 e. The van der Waals surface area contributed by atoms with E-state index in [9.17, 15) is 13.2 Å². The molecule has 0 aliphatic carbocycles. The Morgan fingerprint density at radius 2 is 1.97 bits per heavy atom. The molecule has 0 amide bonds. The van der Waals surface area contributed by atoms with Crippen LogP contribution in [-0.2, 0) is 6.54 Å². The molecule has 0 aliphatic heterocycles. The van der Waals surface area contributed by atoms with Gasteiger partial charge in [-0.1, -0.05) is 24.3 Å². The van der Waals surface area contributed by atoms with Crippen molar-refractivity contribution in [3.63, 3.8) is 0 Å². The number of alkyl halides is 3. The van der Waals surface area contributed by atoms with Crippen LogP contribution in [0.2, 0.25) is 0 Å². The molecule has 0 saturated heterocycles. The van der Waals surface area contributed by atoms with E-state index in [-0.39, 0.29) is 12.3 Å². The van der Waals surface area contributed by atoms with Crippen molar-refractivity contribution in [3.05, 3.63) is 72.4 Å². The second-order valence-electron chi connectivity index (χ2n) is 7.22. The molecular formula is C23H25F3N4O2. The Balaban J connectivity index is 1.44. The van der Waals surface area contributed by atoms with Gasteiger partial charge >= 0.3 is 6.36 Å². The number of anilines is 1. The van der Waals surface area contributed by atoms with Crippen molar-refractivity contribution in [1.29, 1.82) is 0 Å². The standard InChI is InChI=1S/C23H25F3N4O2/c1-30(16-18-14-19(27)8-9-22(18)32-23(24,25)26)12-3-2-4-13-31-20-7-5-6-17(15-20)21-10-11-28-29-21/h2-3,5-11,14-15H,4,12-13,16,27H2,1H3,(H,28,29)/b3-2+. The second kappa shape index (κ2) is 10.7. The lowest BCUT2D eigenvalue weighted by atomic mass is 10.1. The van der Waals surface area contributed by atoms with Crippen LogP contribution in [0.5, 0.6) is 11.5 Å². The Labute approximate surface area is 184 Å². The summed E-state index contributed by atoms with van der Waals surface area (Å²) in [6.45, 7) is 1.32. The average Bonchev–Trinajstić information content (AvgIpc) is 3.27. The highest BCUT2D eigenvalue weighted by Gasteiger charge is 2.32. The van der Waals surface area contributed by atoms with Gasteiger partial charge in [-0.25, -0.2) is 0 Å². The summed E-state index contributed by atoms with van der Waals surface area (Å²) in [5, 5.41) is 6.87. The number of hydrogen-bond acceptors (Lipinski definition) is 5. The van der Waals surface area contributed by atoms with Crippen molar-refractivity contribution in [2.45, 2.75) is 19.3 Å². The van der Waals surface area contributed by atoms with Crippen LogP contribution in [0.15, 0.2) is 66.9 Å². The van der Waals surface area contributed by atoms with Gasteiger partial charge in [-0.15, -0.1) is 13.2 Å². The molecule has 0 bridgehead atoms. The fraction of sp³-hybridized carbons (Fsp3) is 0.261. The molecule has 3 rings (SSSR count). The summed E-state index contributed by atoms with van der Waals surface area (Å²) in [7, 11) is 1.81. The summed E-state index contributed by atoms with van der Waals surface area (Å²) in [6.07, 6.45) is 1.56. The Morgan fingerprint density at radius 3 is 2.72 bits per heavy atom. The average molecular weight is 446 g/mol. The zero-order valence-corrected chi connectivity index (χ0v) is 17.6. The number of nitrogens with one attached hydrogen (secondary N) is 1. The molecule has 1 aromatic heterocycles. The van der Waals surface area contributed by atoms with Crippen LogP contribution >= 0.6 is 0 Å². The van der Waals surface area contributed by atoms with Gasteiger partial charge in [0.25, 0.3) is 0 Å². The summed E-state index contributed by atoms with van der Waals surface area (Å²) in [6, 6.07) is 13.7. The van der Waals surface area contributed by atoms with Crippen LogP contribution in [0.1, 0.15) is 12.0 Å². The van der Waals surface area contributed by atoms with Gasteiger partial charge in [-0.05, 0) is 49.9 Å². The Hall–Kier alpha value is -3.46. The number of aromatic nitrogens is 2. The highest BCUT2D eigenvalue weighted by Crippen LogP contribution is 2.28. The molecule has 3 N–H and O–H groups in total. The minimum absolute atomic E-state index is 0.242. The van der Waals surface area contributed by atoms with Crippen LogP contribution in [0.3, 0.4) is 0 Å². The molecule has 32 heavy (non-hydrogen) atoms. The van der Waals surface area contributed by atoms with E-state index in [2.05, 4.69) is 14.9 Å². The maximum atomic E-state index is 12.6. The van der Waals surface area contributed by atoms with Crippen LogP contribution in [0.25, 0.3) is 11.3 Å². The molecule has 0 radical (unpaired) electrons. The topological polar surface area (TPSA) is 76.4 Å². The predicted molar refractivity (Wildman–Crippen MR) is 117 cm³/mol. The molecule has 0 saturated carbocycles. The Kier molecular flexibility index (Phi) is 7.77. The maximum Gasteiger partial charge on any atom is 0.573 e. The zero-order chi connectivity index (χ0) is 23.0. The Bertz CT molecular complexity index is 1020. The summed E-state index contributed by atoms with van der Waals surface area (Å²) >= 11 is 0. The molecule has 2 aromatic carbocycles. The number of H-pyrrole nitrogens is 1. The highest BCUT2D eigenvalue weighted by molar-refractivity contribution is 5.60. The number of aromatic amines is 1. The van der Waals surface area contributed by atoms with Crippen LogP contribution in [0.4, 0.5) is 18.9 Å². The van der Waals surface area contributed by atoms with Crippen LogP contribution in [-0.4, -0.2) is 41.7 Å². The molecule has 0 spiro atoms. The zero-order valence-electron chi connectivity index (χ0n) is 17.6. The van der Waals surface area contributed by atoms with E-state index >= 15 is 0 Å². The highest BCUT2D eigenvalue weighted by atomic mass is 19.4. The van der Waals surface area contributed by atoms with E-state index in [1.54, 1.807) is 6.20 Å². The van der Waals surface area contributed by atoms with E-state index in [1.165, 1.54) is 18.2 Å². The molecule has 3 aromatic rings. The monoisotopic (exact) mass is 446 g/mol.